The Balaban J connectivity index is 1.60. The van der Waals surface area contributed by atoms with Crippen LogP contribution in [0.4, 0.5) is 0 Å². The zero-order valence-electron chi connectivity index (χ0n) is 14.7. The van der Waals surface area contributed by atoms with Crippen molar-refractivity contribution < 1.29 is 4.79 Å². The summed E-state index contributed by atoms with van der Waals surface area (Å²) in [4.78, 5) is 16.8. The first-order valence-corrected chi connectivity index (χ1v) is 8.74. The van der Waals surface area contributed by atoms with E-state index in [1.54, 1.807) is 4.90 Å². The number of amides is 1. The van der Waals surface area contributed by atoms with Gasteiger partial charge in [-0.2, -0.15) is 0 Å². The number of rotatable bonds is 5. The maximum Gasteiger partial charge on any atom is 0.253 e. The number of hydrogen-bond donors (Lipinski definition) is 0. The van der Waals surface area contributed by atoms with Gasteiger partial charge in [-0.1, -0.05) is 42.0 Å². The smallest absolute Gasteiger partial charge is 0.253 e. The lowest BCUT2D eigenvalue weighted by atomic mass is 10.1. The first-order valence-electron chi connectivity index (χ1n) is 8.74. The largest absolute Gasteiger partial charge is 0.337 e. The SMILES string of the molecule is Cc1ccc(CN(C)C(=O)c2ccc(CN3CCCC3)cc2)cc1. The van der Waals surface area contributed by atoms with E-state index in [1.165, 1.54) is 37.1 Å². The summed E-state index contributed by atoms with van der Waals surface area (Å²) >= 11 is 0. The molecule has 0 saturated carbocycles. The molecule has 1 saturated heterocycles. The maximum absolute atomic E-state index is 12.6. The first-order chi connectivity index (χ1) is 11.6. The monoisotopic (exact) mass is 322 g/mol. The fraction of sp³-hybridized carbons (Fsp3) is 0.381. The number of aryl methyl sites for hydroxylation is 1. The number of carbonyl (C=O) groups is 1. The molecule has 0 unspecified atom stereocenters. The number of benzene rings is 2. The minimum absolute atomic E-state index is 0.0725. The molecule has 2 aromatic carbocycles. The third-order valence-electron chi connectivity index (χ3n) is 4.69. The van der Waals surface area contributed by atoms with Gasteiger partial charge in [-0.25, -0.2) is 0 Å². The van der Waals surface area contributed by atoms with E-state index in [-0.39, 0.29) is 5.91 Å². The highest BCUT2D eigenvalue weighted by Crippen LogP contribution is 2.15. The van der Waals surface area contributed by atoms with Crippen molar-refractivity contribution in [3.05, 3.63) is 70.8 Å². The van der Waals surface area contributed by atoms with Gasteiger partial charge < -0.3 is 4.90 Å². The van der Waals surface area contributed by atoms with E-state index in [0.717, 1.165) is 17.7 Å². The molecular formula is C21H26N2O. The van der Waals surface area contributed by atoms with E-state index < -0.39 is 0 Å². The van der Waals surface area contributed by atoms with Crippen molar-refractivity contribution >= 4 is 5.91 Å². The van der Waals surface area contributed by atoms with Gasteiger partial charge in [0.15, 0.2) is 0 Å². The average molecular weight is 322 g/mol. The van der Waals surface area contributed by atoms with Gasteiger partial charge in [0, 0.05) is 25.7 Å². The van der Waals surface area contributed by atoms with Crippen molar-refractivity contribution in [1.82, 2.24) is 9.80 Å². The summed E-state index contributed by atoms with van der Waals surface area (Å²) in [5.41, 5.74) is 4.44. The molecular weight excluding hydrogens is 296 g/mol. The standard InChI is InChI=1S/C21H26N2O/c1-17-5-7-18(8-6-17)15-22(2)21(24)20-11-9-19(10-12-20)16-23-13-3-4-14-23/h5-12H,3-4,13-16H2,1-2H3. The van der Waals surface area contributed by atoms with Crippen LogP contribution in [-0.2, 0) is 13.1 Å². The van der Waals surface area contributed by atoms with Gasteiger partial charge in [-0.05, 0) is 56.1 Å². The van der Waals surface area contributed by atoms with E-state index in [0.29, 0.717) is 6.54 Å². The summed E-state index contributed by atoms with van der Waals surface area (Å²) in [6, 6.07) is 16.4. The van der Waals surface area contributed by atoms with Crippen LogP contribution in [0.2, 0.25) is 0 Å². The predicted molar refractivity (Wildman–Crippen MR) is 97.9 cm³/mol. The van der Waals surface area contributed by atoms with Crippen molar-refractivity contribution in [2.45, 2.75) is 32.9 Å². The summed E-state index contributed by atoms with van der Waals surface area (Å²) in [6.07, 6.45) is 2.61. The van der Waals surface area contributed by atoms with Crippen LogP contribution in [0.3, 0.4) is 0 Å². The fourth-order valence-electron chi connectivity index (χ4n) is 3.21. The average Bonchev–Trinajstić information content (AvgIpc) is 3.10. The molecule has 1 heterocycles. The molecule has 0 radical (unpaired) electrons. The number of hydrogen-bond acceptors (Lipinski definition) is 2. The third-order valence-corrected chi connectivity index (χ3v) is 4.69. The van der Waals surface area contributed by atoms with Crippen molar-refractivity contribution in [2.75, 3.05) is 20.1 Å². The van der Waals surface area contributed by atoms with Gasteiger partial charge in [0.05, 0.1) is 0 Å². The quantitative estimate of drug-likeness (QED) is 0.834. The molecule has 0 atom stereocenters. The molecule has 0 spiro atoms. The zero-order chi connectivity index (χ0) is 16.9. The van der Waals surface area contributed by atoms with E-state index >= 15 is 0 Å². The van der Waals surface area contributed by atoms with E-state index in [4.69, 9.17) is 0 Å². The Hall–Kier alpha value is -2.13. The maximum atomic E-state index is 12.6. The van der Waals surface area contributed by atoms with Gasteiger partial charge in [-0.3, -0.25) is 9.69 Å². The van der Waals surface area contributed by atoms with Crippen LogP contribution in [0, 0.1) is 6.92 Å². The summed E-state index contributed by atoms with van der Waals surface area (Å²) in [7, 11) is 1.86. The van der Waals surface area contributed by atoms with E-state index in [1.807, 2.05) is 19.2 Å². The van der Waals surface area contributed by atoms with Gasteiger partial charge in [0.25, 0.3) is 5.91 Å². The topological polar surface area (TPSA) is 23.6 Å². The van der Waals surface area contributed by atoms with Crippen LogP contribution in [0.1, 0.15) is 39.9 Å². The van der Waals surface area contributed by atoms with Crippen LogP contribution >= 0.6 is 0 Å². The second kappa shape index (κ2) is 7.63. The summed E-state index contributed by atoms with van der Waals surface area (Å²) in [5.74, 6) is 0.0725. The van der Waals surface area contributed by atoms with Gasteiger partial charge in [0.1, 0.15) is 0 Å². The number of carbonyl (C=O) groups excluding carboxylic acids is 1. The zero-order valence-corrected chi connectivity index (χ0v) is 14.7. The highest BCUT2D eigenvalue weighted by molar-refractivity contribution is 5.94. The van der Waals surface area contributed by atoms with Crippen molar-refractivity contribution in [2.24, 2.45) is 0 Å². The van der Waals surface area contributed by atoms with E-state index in [2.05, 4.69) is 48.2 Å². The molecule has 0 aliphatic carbocycles. The fourth-order valence-corrected chi connectivity index (χ4v) is 3.21. The second-order valence-corrected chi connectivity index (χ2v) is 6.83. The van der Waals surface area contributed by atoms with Crippen LogP contribution in [0.15, 0.2) is 48.5 Å². The molecule has 2 aromatic rings. The predicted octanol–water partition coefficient (Wildman–Crippen LogP) is 3.86. The molecule has 0 N–H and O–H groups in total. The Morgan fingerprint density at radius 1 is 0.958 bits per heavy atom. The van der Waals surface area contributed by atoms with Crippen LogP contribution < -0.4 is 0 Å². The molecule has 1 aliphatic rings. The Bertz CT molecular complexity index is 670. The minimum atomic E-state index is 0.0725. The van der Waals surface area contributed by atoms with Gasteiger partial charge in [-0.15, -0.1) is 0 Å². The highest BCUT2D eigenvalue weighted by atomic mass is 16.2. The second-order valence-electron chi connectivity index (χ2n) is 6.83. The Labute approximate surface area is 144 Å². The molecule has 0 aromatic heterocycles. The van der Waals surface area contributed by atoms with E-state index in [9.17, 15) is 4.79 Å². The molecule has 1 amide bonds. The molecule has 1 fully saturated rings. The van der Waals surface area contributed by atoms with Crippen LogP contribution in [0.25, 0.3) is 0 Å². The summed E-state index contributed by atoms with van der Waals surface area (Å²) in [5, 5.41) is 0. The first kappa shape index (κ1) is 16.7. The van der Waals surface area contributed by atoms with Gasteiger partial charge >= 0.3 is 0 Å². The summed E-state index contributed by atoms with van der Waals surface area (Å²) < 4.78 is 0. The van der Waals surface area contributed by atoms with Crippen LogP contribution in [0.5, 0.6) is 0 Å². The molecule has 3 nitrogen and oxygen atoms in total. The molecule has 1 aliphatic heterocycles. The lowest BCUT2D eigenvalue weighted by molar-refractivity contribution is 0.0785. The Morgan fingerprint density at radius 2 is 1.54 bits per heavy atom. The van der Waals surface area contributed by atoms with Crippen molar-refractivity contribution in [3.8, 4) is 0 Å². The molecule has 3 heteroatoms. The number of likely N-dealkylation sites (tertiary alicyclic amines) is 1. The Morgan fingerprint density at radius 3 is 2.17 bits per heavy atom. The normalized spacial score (nSPS) is 14.8. The highest BCUT2D eigenvalue weighted by Gasteiger charge is 2.14. The summed E-state index contributed by atoms with van der Waals surface area (Å²) in [6.45, 7) is 6.09. The molecule has 3 rings (SSSR count). The number of nitrogens with zero attached hydrogens (tertiary/aromatic N) is 2. The third kappa shape index (κ3) is 4.24. The molecule has 0 bridgehead atoms. The molecule has 126 valence electrons. The minimum Gasteiger partial charge on any atom is -0.337 e. The lowest BCUT2D eigenvalue weighted by Gasteiger charge is -2.18. The van der Waals surface area contributed by atoms with Crippen molar-refractivity contribution in [1.29, 1.82) is 0 Å². The van der Waals surface area contributed by atoms with Crippen molar-refractivity contribution in [3.63, 3.8) is 0 Å². The lowest BCUT2D eigenvalue weighted by Crippen LogP contribution is -2.26. The Kier molecular flexibility index (Phi) is 5.31. The van der Waals surface area contributed by atoms with Crippen LogP contribution in [-0.4, -0.2) is 35.8 Å². The molecule has 24 heavy (non-hydrogen) atoms. The van der Waals surface area contributed by atoms with Gasteiger partial charge in [0.2, 0.25) is 0 Å².